The average Bonchev–Trinajstić information content (AvgIpc) is 2.69. The summed E-state index contributed by atoms with van der Waals surface area (Å²) < 4.78 is 0.960. The van der Waals surface area contributed by atoms with Gasteiger partial charge >= 0.3 is 0 Å². The maximum atomic E-state index is 11.1. The Labute approximate surface area is 88.6 Å². The van der Waals surface area contributed by atoms with Crippen LogP contribution in [0.2, 0.25) is 0 Å². The molecule has 2 rings (SSSR count). The molecule has 0 aliphatic rings. The van der Waals surface area contributed by atoms with Crippen molar-refractivity contribution in [2.75, 3.05) is 6.54 Å². The van der Waals surface area contributed by atoms with Crippen LogP contribution in [0.25, 0.3) is 10.9 Å². The molecule has 3 heteroatoms. The molecule has 1 aromatic heterocycles. The fraction of sp³-hybridized carbons (Fsp3) is 0.250. The average molecular weight is 202 g/mol. The molecule has 3 nitrogen and oxygen atoms in total. The maximum Gasteiger partial charge on any atom is 0.157 e. The van der Waals surface area contributed by atoms with Crippen LogP contribution in [-0.4, -0.2) is 22.5 Å². The molecular formula is C12H14N2O. The smallest absolute Gasteiger partial charge is 0.157 e. The van der Waals surface area contributed by atoms with Crippen LogP contribution in [0.1, 0.15) is 12.5 Å². The number of hydrogen-bond donors (Lipinski definition) is 1. The SMILES string of the molecule is C/C=[N+](\[O-])CCc1c[nH]c2ccccc12. The third-order valence-corrected chi connectivity index (χ3v) is 2.56. The summed E-state index contributed by atoms with van der Waals surface area (Å²) in [5, 5.41) is 12.3. The lowest BCUT2D eigenvalue weighted by Crippen LogP contribution is -2.07. The molecule has 0 saturated carbocycles. The number of benzene rings is 1. The summed E-state index contributed by atoms with van der Waals surface area (Å²) in [4.78, 5) is 3.20. The van der Waals surface area contributed by atoms with Crippen molar-refractivity contribution in [1.82, 2.24) is 4.98 Å². The van der Waals surface area contributed by atoms with Gasteiger partial charge in [0, 0.05) is 30.4 Å². The Morgan fingerprint density at radius 3 is 3.00 bits per heavy atom. The molecule has 0 bridgehead atoms. The van der Waals surface area contributed by atoms with Crippen LogP contribution in [0, 0.1) is 5.21 Å². The number of hydrogen-bond acceptors (Lipinski definition) is 1. The molecule has 0 atom stereocenters. The topological polar surface area (TPSA) is 41.9 Å². The van der Waals surface area contributed by atoms with Gasteiger partial charge in [-0.15, -0.1) is 0 Å². The Morgan fingerprint density at radius 2 is 2.20 bits per heavy atom. The van der Waals surface area contributed by atoms with E-state index in [1.165, 1.54) is 10.9 Å². The standard InChI is InChI=1S/C12H14N2O/c1-2-14(15)8-7-10-9-13-12-6-4-3-5-11(10)12/h2-6,9,13H,7-8H2,1H3/b14-2-. The molecule has 0 spiro atoms. The minimum atomic E-state index is 0.512. The summed E-state index contributed by atoms with van der Waals surface area (Å²) in [6, 6.07) is 8.13. The highest BCUT2D eigenvalue weighted by Crippen LogP contribution is 2.17. The van der Waals surface area contributed by atoms with Crippen molar-refractivity contribution in [3.63, 3.8) is 0 Å². The van der Waals surface area contributed by atoms with Gasteiger partial charge < -0.3 is 10.2 Å². The number of aromatic nitrogens is 1. The van der Waals surface area contributed by atoms with Crippen LogP contribution in [0.5, 0.6) is 0 Å². The van der Waals surface area contributed by atoms with E-state index in [4.69, 9.17) is 0 Å². The van der Waals surface area contributed by atoms with Gasteiger partial charge in [0.05, 0.1) is 0 Å². The number of aromatic amines is 1. The third-order valence-electron chi connectivity index (χ3n) is 2.56. The second kappa shape index (κ2) is 4.17. The summed E-state index contributed by atoms with van der Waals surface area (Å²) in [7, 11) is 0. The van der Waals surface area contributed by atoms with Gasteiger partial charge in [-0.1, -0.05) is 18.2 Å². The Bertz CT molecular complexity index is 485. The Hall–Kier alpha value is -1.77. The summed E-state index contributed by atoms with van der Waals surface area (Å²) in [6.07, 6.45) is 4.31. The molecular weight excluding hydrogens is 188 g/mol. The molecule has 2 aromatic rings. The second-order valence-corrected chi connectivity index (χ2v) is 3.51. The molecule has 0 amide bonds. The molecule has 78 valence electrons. The van der Waals surface area contributed by atoms with Crippen molar-refractivity contribution in [2.24, 2.45) is 0 Å². The van der Waals surface area contributed by atoms with Gasteiger partial charge in [-0.3, -0.25) is 0 Å². The van der Waals surface area contributed by atoms with Gasteiger partial charge in [-0.05, 0) is 11.6 Å². The number of para-hydroxylation sites is 1. The first-order chi connectivity index (χ1) is 7.31. The van der Waals surface area contributed by atoms with Crippen molar-refractivity contribution in [3.05, 3.63) is 41.2 Å². The third kappa shape index (κ3) is 2.01. The molecule has 0 fully saturated rings. The molecule has 1 heterocycles. The number of H-pyrrole nitrogens is 1. The largest absolute Gasteiger partial charge is 0.624 e. The molecule has 0 unspecified atom stereocenters. The van der Waals surface area contributed by atoms with Crippen LogP contribution in [0.15, 0.2) is 30.5 Å². The van der Waals surface area contributed by atoms with E-state index in [0.29, 0.717) is 6.54 Å². The van der Waals surface area contributed by atoms with Crippen LogP contribution < -0.4 is 0 Å². The Balaban J connectivity index is 2.22. The predicted molar refractivity (Wildman–Crippen MR) is 62.2 cm³/mol. The summed E-state index contributed by atoms with van der Waals surface area (Å²) in [5.41, 5.74) is 2.33. The molecule has 0 aliphatic carbocycles. The van der Waals surface area contributed by atoms with E-state index in [0.717, 1.165) is 16.7 Å². The van der Waals surface area contributed by atoms with E-state index in [2.05, 4.69) is 11.1 Å². The first kappa shape index (κ1) is 9.77. The van der Waals surface area contributed by atoms with Gasteiger partial charge in [0.1, 0.15) is 6.21 Å². The zero-order chi connectivity index (χ0) is 10.7. The van der Waals surface area contributed by atoms with Crippen LogP contribution in [0.4, 0.5) is 0 Å². The lowest BCUT2D eigenvalue weighted by Gasteiger charge is -2.01. The second-order valence-electron chi connectivity index (χ2n) is 3.51. The fourth-order valence-electron chi connectivity index (χ4n) is 1.70. The van der Waals surface area contributed by atoms with Crippen molar-refractivity contribution >= 4 is 17.1 Å². The van der Waals surface area contributed by atoms with E-state index in [9.17, 15) is 5.21 Å². The van der Waals surface area contributed by atoms with E-state index in [1.54, 1.807) is 13.1 Å². The van der Waals surface area contributed by atoms with Crippen molar-refractivity contribution in [1.29, 1.82) is 0 Å². The van der Waals surface area contributed by atoms with Crippen molar-refractivity contribution in [3.8, 4) is 0 Å². The lowest BCUT2D eigenvalue weighted by molar-refractivity contribution is -0.452. The minimum absolute atomic E-state index is 0.512. The first-order valence-corrected chi connectivity index (χ1v) is 5.09. The monoisotopic (exact) mass is 202 g/mol. The highest BCUT2D eigenvalue weighted by atomic mass is 16.5. The molecule has 0 radical (unpaired) electrons. The van der Waals surface area contributed by atoms with Crippen molar-refractivity contribution < 1.29 is 4.74 Å². The highest BCUT2D eigenvalue weighted by Gasteiger charge is 2.03. The lowest BCUT2D eigenvalue weighted by atomic mass is 10.1. The van der Waals surface area contributed by atoms with Crippen molar-refractivity contribution in [2.45, 2.75) is 13.3 Å². The molecule has 15 heavy (non-hydrogen) atoms. The Kier molecular flexibility index (Phi) is 2.72. The van der Waals surface area contributed by atoms with E-state index in [-0.39, 0.29) is 0 Å². The van der Waals surface area contributed by atoms with Gasteiger partial charge in [0.25, 0.3) is 0 Å². The van der Waals surface area contributed by atoms with Crippen LogP contribution in [-0.2, 0) is 6.42 Å². The molecule has 0 aliphatic heterocycles. The Morgan fingerprint density at radius 1 is 1.40 bits per heavy atom. The number of fused-ring (bicyclic) bond motifs is 1. The van der Waals surface area contributed by atoms with E-state index < -0.39 is 0 Å². The molecule has 1 aromatic carbocycles. The number of nitrogens with zero attached hydrogens (tertiary/aromatic N) is 1. The predicted octanol–water partition coefficient (Wildman–Crippen LogP) is 2.31. The molecule has 0 saturated heterocycles. The van der Waals surface area contributed by atoms with Gasteiger partial charge in [0.15, 0.2) is 6.54 Å². The van der Waals surface area contributed by atoms with Gasteiger partial charge in [-0.25, -0.2) is 4.74 Å². The summed E-state index contributed by atoms with van der Waals surface area (Å²) >= 11 is 0. The number of nitrogens with one attached hydrogen (secondary N) is 1. The zero-order valence-electron chi connectivity index (χ0n) is 8.73. The fourth-order valence-corrected chi connectivity index (χ4v) is 1.70. The normalized spacial score (nSPS) is 12.2. The minimum Gasteiger partial charge on any atom is -0.624 e. The maximum absolute atomic E-state index is 11.1. The first-order valence-electron chi connectivity index (χ1n) is 5.09. The van der Waals surface area contributed by atoms with Crippen LogP contribution in [0.3, 0.4) is 0 Å². The molecule has 1 N–H and O–H groups in total. The summed E-state index contributed by atoms with van der Waals surface area (Å²) in [5.74, 6) is 0. The zero-order valence-corrected chi connectivity index (χ0v) is 8.73. The van der Waals surface area contributed by atoms with Gasteiger partial charge in [0.2, 0.25) is 0 Å². The summed E-state index contributed by atoms with van der Waals surface area (Å²) in [6.45, 7) is 2.26. The quantitative estimate of drug-likeness (QED) is 0.353. The number of rotatable bonds is 3. The highest BCUT2D eigenvalue weighted by molar-refractivity contribution is 5.83. The van der Waals surface area contributed by atoms with Gasteiger partial charge in [-0.2, -0.15) is 0 Å². The van der Waals surface area contributed by atoms with E-state index >= 15 is 0 Å². The van der Waals surface area contributed by atoms with Crippen LogP contribution >= 0.6 is 0 Å². The number of hydroxylamine groups is 1. The van der Waals surface area contributed by atoms with E-state index in [1.807, 2.05) is 24.4 Å².